The van der Waals surface area contributed by atoms with Gasteiger partial charge in [-0.1, -0.05) is 32.0 Å². The summed E-state index contributed by atoms with van der Waals surface area (Å²) in [5.41, 5.74) is 3.47. The molecule has 1 heterocycles. The molecule has 1 unspecified atom stereocenters. The van der Waals surface area contributed by atoms with Crippen molar-refractivity contribution in [2.75, 3.05) is 6.54 Å². The van der Waals surface area contributed by atoms with Crippen LogP contribution in [0.2, 0.25) is 0 Å². The molecule has 3 N–H and O–H groups in total. The molecule has 0 aliphatic rings. The van der Waals surface area contributed by atoms with Gasteiger partial charge in [0.1, 0.15) is 11.3 Å². The van der Waals surface area contributed by atoms with E-state index < -0.39 is 0 Å². The summed E-state index contributed by atoms with van der Waals surface area (Å²) in [6.07, 6.45) is 1.05. The minimum absolute atomic E-state index is 0.310. The van der Waals surface area contributed by atoms with E-state index in [4.69, 9.17) is 10.3 Å². The summed E-state index contributed by atoms with van der Waals surface area (Å²) in [5.74, 6) is 5.68. The quantitative estimate of drug-likeness (QED) is 0.487. The number of hydrazine groups is 1. The topological polar surface area (TPSA) is 71.5 Å². The van der Waals surface area contributed by atoms with E-state index in [9.17, 15) is 4.79 Å². The summed E-state index contributed by atoms with van der Waals surface area (Å²) < 4.78 is 5.89. The monoisotopic (exact) mass is 289 g/mol. The number of furan rings is 1. The molecule has 0 saturated carbocycles. The fourth-order valence-electron chi connectivity index (χ4n) is 2.55. The predicted octanol–water partition coefficient (Wildman–Crippen LogP) is 2.66. The predicted molar refractivity (Wildman–Crippen MR) is 83.7 cm³/mol. The fraction of sp³-hybridized carbons (Fsp3) is 0.438. The zero-order chi connectivity index (χ0) is 15.4. The van der Waals surface area contributed by atoms with E-state index in [1.165, 1.54) is 0 Å². The third-order valence-corrected chi connectivity index (χ3v) is 3.99. The number of amides is 1. The van der Waals surface area contributed by atoms with Gasteiger partial charge in [-0.15, -0.1) is 0 Å². The van der Waals surface area contributed by atoms with Crippen molar-refractivity contribution in [3.8, 4) is 0 Å². The molecule has 0 aliphatic carbocycles. The number of hydrogen-bond donors (Lipinski definition) is 2. The van der Waals surface area contributed by atoms with Crippen LogP contribution in [-0.4, -0.2) is 23.4 Å². The smallest absolute Gasteiger partial charge is 0.269 e. The van der Waals surface area contributed by atoms with Crippen molar-refractivity contribution in [1.29, 1.82) is 0 Å². The van der Waals surface area contributed by atoms with Gasteiger partial charge in [0.05, 0.1) is 12.1 Å². The van der Waals surface area contributed by atoms with Gasteiger partial charge >= 0.3 is 0 Å². The number of fused-ring (bicyclic) bond motifs is 1. The lowest BCUT2D eigenvalue weighted by Crippen LogP contribution is -2.34. The summed E-state index contributed by atoms with van der Waals surface area (Å²) in [5, 5.41) is 0.802. The normalized spacial score (nSPS) is 12.8. The Kier molecular flexibility index (Phi) is 4.98. The summed E-state index contributed by atoms with van der Waals surface area (Å²) >= 11 is 0. The maximum Gasteiger partial charge on any atom is 0.269 e. The van der Waals surface area contributed by atoms with Gasteiger partial charge in [0.15, 0.2) is 0 Å². The Morgan fingerprint density at radius 1 is 1.38 bits per heavy atom. The number of hydrogen-bond acceptors (Lipinski definition) is 4. The van der Waals surface area contributed by atoms with Crippen LogP contribution in [-0.2, 0) is 6.54 Å². The van der Waals surface area contributed by atoms with E-state index in [2.05, 4.69) is 31.1 Å². The molecule has 114 valence electrons. The Hall–Kier alpha value is -1.85. The van der Waals surface area contributed by atoms with E-state index in [1.54, 1.807) is 0 Å². The van der Waals surface area contributed by atoms with Crippen molar-refractivity contribution in [3.05, 3.63) is 35.6 Å². The fourth-order valence-corrected chi connectivity index (χ4v) is 2.55. The van der Waals surface area contributed by atoms with Crippen molar-refractivity contribution in [3.63, 3.8) is 0 Å². The number of nitrogens with one attached hydrogen (secondary N) is 1. The molecule has 1 amide bonds. The van der Waals surface area contributed by atoms with Crippen molar-refractivity contribution in [2.24, 2.45) is 5.84 Å². The van der Waals surface area contributed by atoms with Crippen LogP contribution in [0.15, 0.2) is 28.7 Å². The molecule has 1 atom stereocenters. The van der Waals surface area contributed by atoms with Gasteiger partial charge in [-0.05, 0) is 26.0 Å². The second-order valence-electron chi connectivity index (χ2n) is 5.19. The van der Waals surface area contributed by atoms with E-state index >= 15 is 0 Å². The van der Waals surface area contributed by atoms with Crippen LogP contribution in [0.5, 0.6) is 0 Å². The SMILES string of the molecule is CCC(C)N(CC)Cc1oc2ccccc2c1C(=O)NN. The number of rotatable bonds is 6. The first-order valence-electron chi connectivity index (χ1n) is 7.37. The standard InChI is InChI=1S/C16H23N3O2/c1-4-11(3)19(5-2)10-14-15(16(20)18-17)12-8-6-7-9-13(12)21-14/h6-9,11H,4-5,10,17H2,1-3H3,(H,18,20). The second-order valence-corrected chi connectivity index (χ2v) is 5.19. The molecule has 2 aromatic rings. The highest BCUT2D eigenvalue weighted by Crippen LogP contribution is 2.27. The van der Waals surface area contributed by atoms with Gasteiger partial charge < -0.3 is 4.42 Å². The van der Waals surface area contributed by atoms with Crippen LogP contribution in [0.3, 0.4) is 0 Å². The van der Waals surface area contributed by atoms with Crippen LogP contribution < -0.4 is 11.3 Å². The van der Waals surface area contributed by atoms with E-state index in [0.717, 1.165) is 18.4 Å². The number of nitrogen functional groups attached to an aromatic ring is 1. The lowest BCUT2D eigenvalue weighted by molar-refractivity contribution is 0.0950. The lowest BCUT2D eigenvalue weighted by Gasteiger charge is -2.26. The summed E-state index contributed by atoms with van der Waals surface area (Å²) in [4.78, 5) is 14.4. The van der Waals surface area contributed by atoms with Crippen LogP contribution >= 0.6 is 0 Å². The number of nitrogens with zero attached hydrogens (tertiary/aromatic N) is 1. The number of carbonyl (C=O) groups excluding carboxylic acids is 1. The average molecular weight is 289 g/mol. The zero-order valence-corrected chi connectivity index (χ0v) is 12.8. The number of nitrogens with two attached hydrogens (primary N) is 1. The molecule has 0 spiro atoms. The second kappa shape index (κ2) is 6.74. The van der Waals surface area contributed by atoms with Crippen molar-refractivity contribution in [2.45, 2.75) is 39.8 Å². The Morgan fingerprint density at radius 3 is 2.71 bits per heavy atom. The minimum atomic E-state index is -0.310. The highest BCUT2D eigenvalue weighted by molar-refractivity contribution is 6.07. The Balaban J connectivity index is 2.45. The third kappa shape index (κ3) is 3.09. The molecular formula is C16H23N3O2. The molecule has 0 bridgehead atoms. The van der Waals surface area contributed by atoms with Crippen molar-refractivity contribution >= 4 is 16.9 Å². The molecule has 1 aromatic heterocycles. The van der Waals surface area contributed by atoms with Crippen LogP contribution in [0.4, 0.5) is 0 Å². The Morgan fingerprint density at radius 2 is 2.10 bits per heavy atom. The zero-order valence-electron chi connectivity index (χ0n) is 12.8. The Labute approximate surface area is 125 Å². The van der Waals surface area contributed by atoms with Crippen LogP contribution in [0, 0.1) is 0 Å². The average Bonchev–Trinajstić information content (AvgIpc) is 2.89. The molecule has 5 nitrogen and oxygen atoms in total. The van der Waals surface area contributed by atoms with Crippen LogP contribution in [0.25, 0.3) is 11.0 Å². The first-order valence-corrected chi connectivity index (χ1v) is 7.37. The summed E-state index contributed by atoms with van der Waals surface area (Å²) in [7, 11) is 0. The number of benzene rings is 1. The van der Waals surface area contributed by atoms with Crippen LogP contribution in [0.1, 0.15) is 43.3 Å². The van der Waals surface area contributed by atoms with Gasteiger partial charge in [-0.3, -0.25) is 15.1 Å². The Bertz CT molecular complexity index is 621. The molecule has 0 radical (unpaired) electrons. The molecule has 21 heavy (non-hydrogen) atoms. The number of carbonyl (C=O) groups is 1. The van der Waals surface area contributed by atoms with Crippen molar-refractivity contribution < 1.29 is 9.21 Å². The highest BCUT2D eigenvalue weighted by Gasteiger charge is 2.22. The first-order chi connectivity index (χ1) is 10.1. The van der Waals surface area contributed by atoms with Gasteiger partial charge in [-0.2, -0.15) is 0 Å². The summed E-state index contributed by atoms with van der Waals surface area (Å²) in [6, 6.07) is 7.96. The molecule has 1 aromatic carbocycles. The largest absolute Gasteiger partial charge is 0.459 e. The van der Waals surface area contributed by atoms with E-state index in [-0.39, 0.29) is 5.91 Å². The van der Waals surface area contributed by atoms with Gasteiger partial charge in [0.2, 0.25) is 0 Å². The minimum Gasteiger partial charge on any atom is -0.459 e. The lowest BCUT2D eigenvalue weighted by atomic mass is 10.1. The van der Waals surface area contributed by atoms with Gasteiger partial charge in [0, 0.05) is 11.4 Å². The molecule has 0 saturated heterocycles. The maximum absolute atomic E-state index is 12.1. The number of para-hydroxylation sites is 1. The van der Waals surface area contributed by atoms with Gasteiger partial charge in [-0.25, -0.2) is 5.84 Å². The highest BCUT2D eigenvalue weighted by atomic mass is 16.3. The van der Waals surface area contributed by atoms with Crippen molar-refractivity contribution in [1.82, 2.24) is 10.3 Å². The molecule has 0 aliphatic heterocycles. The van der Waals surface area contributed by atoms with Gasteiger partial charge in [0.25, 0.3) is 5.91 Å². The summed E-state index contributed by atoms with van der Waals surface area (Å²) in [6.45, 7) is 7.93. The molecule has 2 rings (SSSR count). The first kappa shape index (κ1) is 15.5. The maximum atomic E-state index is 12.1. The van der Waals surface area contributed by atoms with E-state index in [1.807, 2.05) is 24.3 Å². The molecule has 5 heteroatoms. The van der Waals surface area contributed by atoms with E-state index in [0.29, 0.717) is 29.5 Å². The molecule has 0 fully saturated rings. The molecular weight excluding hydrogens is 266 g/mol. The third-order valence-electron chi connectivity index (χ3n) is 3.99.